The van der Waals surface area contributed by atoms with E-state index in [9.17, 15) is 4.79 Å². The maximum atomic E-state index is 12.8. The average Bonchev–Trinajstić information content (AvgIpc) is 3.00. The lowest BCUT2D eigenvalue weighted by Crippen LogP contribution is -2.41. The number of methoxy groups -OCH3 is 1. The predicted molar refractivity (Wildman–Crippen MR) is 106 cm³/mol. The fourth-order valence-corrected chi connectivity index (χ4v) is 3.05. The minimum absolute atomic E-state index is 0.472. The van der Waals surface area contributed by atoms with Crippen LogP contribution in [0.2, 0.25) is 0 Å². The number of carbonyl (C=O) groups excluding carboxylic acids is 1. The second kappa shape index (κ2) is 6.28. The quantitative estimate of drug-likeness (QED) is 0.751. The predicted octanol–water partition coefficient (Wildman–Crippen LogP) is 3.73. The minimum atomic E-state index is -0.611. The molecule has 0 bridgehead atoms. The van der Waals surface area contributed by atoms with Crippen molar-refractivity contribution in [3.05, 3.63) is 24.4 Å². The number of benzene rings is 1. The van der Waals surface area contributed by atoms with Gasteiger partial charge in [0.15, 0.2) is 0 Å². The highest BCUT2D eigenvalue weighted by Gasteiger charge is 2.52. The summed E-state index contributed by atoms with van der Waals surface area (Å²) >= 11 is 0. The highest BCUT2D eigenvalue weighted by Crippen LogP contribution is 2.38. The molecular formula is C20H28BNO5. The summed E-state index contributed by atoms with van der Waals surface area (Å²) in [6.07, 6.45) is 1.25. The molecule has 1 saturated heterocycles. The molecule has 1 fully saturated rings. The Hall–Kier alpha value is -1.99. The summed E-state index contributed by atoms with van der Waals surface area (Å²) in [5.41, 5.74) is -0.152. The number of ether oxygens (including phenoxy) is 2. The Morgan fingerprint density at radius 1 is 1.11 bits per heavy atom. The molecule has 1 aliphatic rings. The Kier molecular flexibility index (Phi) is 4.60. The molecule has 1 aliphatic heterocycles. The van der Waals surface area contributed by atoms with Gasteiger partial charge in [-0.2, -0.15) is 0 Å². The van der Waals surface area contributed by atoms with E-state index in [0.29, 0.717) is 11.3 Å². The Labute approximate surface area is 160 Å². The zero-order valence-corrected chi connectivity index (χ0v) is 17.4. The summed E-state index contributed by atoms with van der Waals surface area (Å²) < 4.78 is 24.9. The SMILES string of the molecule is COc1cccc2c(B3OC(C)(C)C(C)(C)O3)cn(C(=O)OC(C)(C)C)c12. The van der Waals surface area contributed by atoms with Crippen LogP contribution >= 0.6 is 0 Å². The summed E-state index contributed by atoms with van der Waals surface area (Å²) in [6, 6.07) is 5.63. The highest BCUT2D eigenvalue weighted by molar-refractivity contribution is 6.65. The molecule has 27 heavy (non-hydrogen) atoms. The van der Waals surface area contributed by atoms with Crippen molar-refractivity contribution in [2.24, 2.45) is 0 Å². The van der Waals surface area contributed by atoms with Crippen molar-refractivity contribution in [1.82, 2.24) is 4.57 Å². The number of carbonyl (C=O) groups is 1. The van der Waals surface area contributed by atoms with Gasteiger partial charge < -0.3 is 18.8 Å². The third kappa shape index (κ3) is 3.46. The lowest BCUT2D eigenvalue weighted by molar-refractivity contribution is 0.00578. The summed E-state index contributed by atoms with van der Waals surface area (Å²) in [5.74, 6) is 0.584. The number of rotatable bonds is 2. The Bertz CT molecular complexity index is 862. The number of fused-ring (bicyclic) bond motifs is 1. The van der Waals surface area contributed by atoms with Crippen LogP contribution in [0.25, 0.3) is 10.9 Å². The Balaban J connectivity index is 2.14. The van der Waals surface area contributed by atoms with Crippen molar-refractivity contribution in [1.29, 1.82) is 0 Å². The lowest BCUT2D eigenvalue weighted by Gasteiger charge is -2.32. The van der Waals surface area contributed by atoms with Crippen molar-refractivity contribution in [2.45, 2.75) is 65.3 Å². The molecule has 2 heterocycles. The fraction of sp³-hybridized carbons (Fsp3) is 0.550. The molecule has 0 aliphatic carbocycles. The van der Waals surface area contributed by atoms with Crippen LogP contribution in [0.15, 0.2) is 24.4 Å². The standard InChI is InChI=1S/C20H28BNO5/c1-18(2,3)25-17(23)22-12-14(13-10-9-11-15(24-8)16(13)22)21-26-19(4,5)20(6,7)27-21/h9-12H,1-8H3. The van der Waals surface area contributed by atoms with Crippen LogP contribution < -0.4 is 10.2 Å². The van der Waals surface area contributed by atoms with Crippen molar-refractivity contribution < 1.29 is 23.6 Å². The summed E-state index contributed by atoms with van der Waals surface area (Å²) in [5, 5.41) is 0.832. The van der Waals surface area contributed by atoms with Gasteiger partial charge in [0.2, 0.25) is 0 Å². The van der Waals surface area contributed by atoms with Crippen LogP contribution in [0.3, 0.4) is 0 Å². The molecule has 6 nitrogen and oxygen atoms in total. The summed E-state index contributed by atoms with van der Waals surface area (Å²) in [6.45, 7) is 13.5. The highest BCUT2D eigenvalue weighted by atomic mass is 16.7. The first kappa shape index (κ1) is 19.8. The molecule has 7 heteroatoms. The smallest absolute Gasteiger partial charge is 0.495 e. The Morgan fingerprint density at radius 3 is 2.22 bits per heavy atom. The van der Waals surface area contributed by atoms with Gasteiger partial charge in [0.05, 0.1) is 18.3 Å². The second-order valence-electron chi connectivity index (χ2n) is 8.88. The van der Waals surface area contributed by atoms with E-state index in [1.807, 2.05) is 66.7 Å². The normalized spacial score (nSPS) is 18.7. The molecular weight excluding hydrogens is 345 g/mol. The van der Waals surface area contributed by atoms with E-state index in [1.54, 1.807) is 13.3 Å². The van der Waals surface area contributed by atoms with Crippen LogP contribution in [-0.4, -0.2) is 41.7 Å². The number of aromatic nitrogens is 1. The lowest BCUT2D eigenvalue weighted by atomic mass is 9.79. The average molecular weight is 373 g/mol. The van der Waals surface area contributed by atoms with Gasteiger partial charge in [0, 0.05) is 17.0 Å². The third-order valence-corrected chi connectivity index (χ3v) is 5.14. The van der Waals surface area contributed by atoms with Crippen LogP contribution in [-0.2, 0) is 14.0 Å². The van der Waals surface area contributed by atoms with Gasteiger partial charge in [-0.25, -0.2) is 9.36 Å². The molecule has 0 spiro atoms. The van der Waals surface area contributed by atoms with E-state index in [2.05, 4.69) is 0 Å². The molecule has 0 unspecified atom stereocenters. The number of para-hydroxylation sites is 1. The topological polar surface area (TPSA) is 58.9 Å². The van der Waals surface area contributed by atoms with Gasteiger partial charge in [-0.05, 0) is 54.5 Å². The molecule has 0 saturated carbocycles. The van der Waals surface area contributed by atoms with Crippen molar-refractivity contribution >= 4 is 29.6 Å². The second-order valence-corrected chi connectivity index (χ2v) is 8.88. The molecule has 0 amide bonds. The minimum Gasteiger partial charge on any atom is -0.495 e. The summed E-state index contributed by atoms with van der Waals surface area (Å²) in [7, 11) is 0.989. The molecule has 0 atom stereocenters. The van der Waals surface area contributed by atoms with Gasteiger partial charge >= 0.3 is 13.2 Å². The first-order valence-corrected chi connectivity index (χ1v) is 9.13. The largest absolute Gasteiger partial charge is 0.497 e. The first-order valence-electron chi connectivity index (χ1n) is 9.13. The maximum Gasteiger partial charge on any atom is 0.497 e. The molecule has 1 aromatic carbocycles. The zero-order valence-electron chi connectivity index (χ0n) is 17.4. The van der Waals surface area contributed by atoms with E-state index in [-0.39, 0.29) is 0 Å². The maximum absolute atomic E-state index is 12.8. The van der Waals surface area contributed by atoms with E-state index in [4.69, 9.17) is 18.8 Å². The van der Waals surface area contributed by atoms with Gasteiger partial charge in [-0.3, -0.25) is 0 Å². The van der Waals surface area contributed by atoms with E-state index in [1.165, 1.54) is 4.57 Å². The number of hydrogen-bond donors (Lipinski definition) is 0. The van der Waals surface area contributed by atoms with Crippen LogP contribution in [0.1, 0.15) is 48.5 Å². The molecule has 146 valence electrons. The molecule has 1 aromatic heterocycles. The van der Waals surface area contributed by atoms with Crippen LogP contribution in [0, 0.1) is 0 Å². The monoisotopic (exact) mass is 373 g/mol. The molecule has 3 rings (SSSR count). The number of nitrogens with zero attached hydrogens (tertiary/aromatic N) is 1. The van der Waals surface area contributed by atoms with Crippen molar-refractivity contribution in [3.8, 4) is 5.75 Å². The third-order valence-electron chi connectivity index (χ3n) is 5.14. The van der Waals surface area contributed by atoms with Gasteiger partial charge in [-0.1, -0.05) is 12.1 Å². The van der Waals surface area contributed by atoms with Crippen molar-refractivity contribution in [2.75, 3.05) is 7.11 Å². The number of hydrogen-bond acceptors (Lipinski definition) is 5. The Morgan fingerprint density at radius 2 is 1.70 bits per heavy atom. The van der Waals surface area contributed by atoms with Gasteiger partial charge in [0.25, 0.3) is 0 Å². The zero-order chi connectivity index (χ0) is 20.2. The van der Waals surface area contributed by atoms with Crippen LogP contribution in [0.4, 0.5) is 4.79 Å². The van der Waals surface area contributed by atoms with Crippen LogP contribution in [0.5, 0.6) is 5.75 Å². The van der Waals surface area contributed by atoms with Gasteiger partial charge in [0.1, 0.15) is 16.9 Å². The van der Waals surface area contributed by atoms with Gasteiger partial charge in [-0.15, -0.1) is 0 Å². The van der Waals surface area contributed by atoms with E-state index in [0.717, 1.165) is 10.8 Å². The molecule has 2 aromatic rings. The van der Waals surface area contributed by atoms with E-state index >= 15 is 0 Å². The van der Waals surface area contributed by atoms with E-state index < -0.39 is 30.0 Å². The summed E-state index contributed by atoms with van der Waals surface area (Å²) in [4.78, 5) is 12.8. The fourth-order valence-electron chi connectivity index (χ4n) is 3.05. The first-order chi connectivity index (χ1) is 12.4. The molecule has 0 N–H and O–H groups in total. The van der Waals surface area contributed by atoms with Crippen molar-refractivity contribution in [3.63, 3.8) is 0 Å². The molecule has 0 radical (unpaired) electrons.